The highest BCUT2D eigenvalue weighted by molar-refractivity contribution is 7.90. The first-order valence-electron chi connectivity index (χ1n) is 7.10. The Hall–Kier alpha value is -0.520. The summed E-state index contributed by atoms with van der Waals surface area (Å²) in [6.07, 6.45) is 0. The fourth-order valence-corrected chi connectivity index (χ4v) is 6.46. The number of hydrogen-bond donors (Lipinski definition) is 1. The van der Waals surface area contributed by atoms with Crippen LogP contribution in [-0.4, -0.2) is 60.2 Å². The van der Waals surface area contributed by atoms with E-state index in [9.17, 15) is 16.8 Å². The van der Waals surface area contributed by atoms with Gasteiger partial charge in [-0.1, -0.05) is 0 Å². The van der Waals surface area contributed by atoms with E-state index in [1.165, 1.54) is 25.4 Å². The molecule has 1 saturated heterocycles. The van der Waals surface area contributed by atoms with Crippen LogP contribution in [0.25, 0.3) is 0 Å². The molecule has 0 unspecified atom stereocenters. The second-order valence-corrected chi connectivity index (χ2v) is 11.2. The van der Waals surface area contributed by atoms with Crippen molar-refractivity contribution in [2.24, 2.45) is 5.92 Å². The molecule has 2 rings (SSSR count). The molecule has 132 valence electrons. The third-order valence-corrected chi connectivity index (χ3v) is 8.44. The van der Waals surface area contributed by atoms with Crippen LogP contribution in [0, 0.1) is 19.8 Å². The molecule has 1 N–H and O–H groups in total. The van der Waals surface area contributed by atoms with Crippen molar-refractivity contribution in [3.8, 4) is 0 Å². The Morgan fingerprint density at radius 3 is 2.43 bits per heavy atom. The van der Waals surface area contributed by atoms with E-state index < -0.39 is 32.0 Å². The van der Waals surface area contributed by atoms with Gasteiger partial charge in [-0.25, -0.2) is 25.9 Å². The van der Waals surface area contributed by atoms with E-state index in [0.717, 1.165) is 9.18 Å². The van der Waals surface area contributed by atoms with Crippen molar-refractivity contribution in [2.75, 3.05) is 33.1 Å². The molecule has 0 aromatic carbocycles. The molecule has 7 nitrogen and oxygen atoms in total. The minimum Gasteiger partial charge on any atom is -0.379 e. The summed E-state index contributed by atoms with van der Waals surface area (Å²) < 4.78 is 58.2. The quantitative estimate of drug-likeness (QED) is 0.776. The Morgan fingerprint density at radius 1 is 1.26 bits per heavy atom. The van der Waals surface area contributed by atoms with Crippen LogP contribution < -0.4 is 4.72 Å². The molecule has 0 amide bonds. The van der Waals surface area contributed by atoms with Crippen molar-refractivity contribution in [3.63, 3.8) is 0 Å². The van der Waals surface area contributed by atoms with Crippen LogP contribution in [0.1, 0.15) is 9.75 Å². The molecule has 0 radical (unpaired) electrons. The molecule has 1 aliphatic rings. The molecule has 10 heteroatoms. The topological polar surface area (TPSA) is 92.8 Å². The average Bonchev–Trinajstić information content (AvgIpc) is 2.95. The molecular formula is C13H22N2O5S3. The third-order valence-electron chi connectivity index (χ3n) is 3.77. The smallest absolute Gasteiger partial charge is 0.242 e. The maximum absolute atomic E-state index is 12.5. The van der Waals surface area contributed by atoms with E-state index in [0.29, 0.717) is 4.88 Å². The zero-order valence-corrected chi connectivity index (χ0v) is 16.0. The van der Waals surface area contributed by atoms with Crippen molar-refractivity contribution in [3.05, 3.63) is 15.8 Å². The SMILES string of the molecule is Cc1cc(S(=O)(=O)N[C@@H]2COC[C@H]2CS(=O)(=O)N(C)C)c(C)s1. The first-order chi connectivity index (χ1) is 10.5. The second-order valence-electron chi connectivity index (χ2n) is 5.86. The van der Waals surface area contributed by atoms with E-state index in [1.54, 1.807) is 13.0 Å². The van der Waals surface area contributed by atoms with Crippen LogP contribution in [0.5, 0.6) is 0 Å². The molecule has 1 aromatic heterocycles. The summed E-state index contributed by atoms with van der Waals surface area (Å²) in [6, 6.07) is 1.08. The van der Waals surface area contributed by atoms with E-state index >= 15 is 0 Å². The van der Waals surface area contributed by atoms with Crippen molar-refractivity contribution in [2.45, 2.75) is 24.8 Å². The predicted molar refractivity (Wildman–Crippen MR) is 89.7 cm³/mol. The van der Waals surface area contributed by atoms with Gasteiger partial charge in [0.25, 0.3) is 0 Å². The standard InChI is InChI=1S/C13H22N2O5S3/c1-9-5-13(10(2)21-9)23(18,19)14-12-7-20-6-11(12)8-22(16,17)15(3)4/h5,11-12,14H,6-8H2,1-4H3/t11-,12+/m0/s1. The van der Waals surface area contributed by atoms with Crippen molar-refractivity contribution < 1.29 is 21.6 Å². The lowest BCUT2D eigenvalue weighted by Crippen LogP contribution is -2.43. The van der Waals surface area contributed by atoms with Gasteiger partial charge in [-0.3, -0.25) is 0 Å². The Kier molecular flexibility index (Phi) is 5.54. The Labute approximate surface area is 141 Å². The summed E-state index contributed by atoms with van der Waals surface area (Å²) >= 11 is 1.42. The number of thiophene rings is 1. The van der Waals surface area contributed by atoms with Gasteiger partial charge < -0.3 is 4.74 Å². The molecule has 2 atom stereocenters. The van der Waals surface area contributed by atoms with Crippen LogP contribution in [0.3, 0.4) is 0 Å². The molecule has 0 saturated carbocycles. The minimum absolute atomic E-state index is 0.144. The molecular weight excluding hydrogens is 360 g/mol. The number of nitrogens with zero attached hydrogens (tertiary/aromatic N) is 1. The Balaban J connectivity index is 2.17. The summed E-state index contributed by atoms with van der Waals surface area (Å²) in [5, 5.41) is 0. The minimum atomic E-state index is -3.69. The number of rotatable bonds is 6. The Morgan fingerprint density at radius 2 is 1.91 bits per heavy atom. The maximum Gasteiger partial charge on any atom is 0.242 e. The highest BCUT2D eigenvalue weighted by Crippen LogP contribution is 2.26. The lowest BCUT2D eigenvalue weighted by atomic mass is 10.1. The molecule has 0 aliphatic carbocycles. The van der Waals surface area contributed by atoms with Gasteiger partial charge in [0.15, 0.2) is 0 Å². The molecule has 0 spiro atoms. The Bertz CT molecular complexity index is 768. The average molecular weight is 383 g/mol. The molecule has 1 aliphatic heterocycles. The van der Waals surface area contributed by atoms with Gasteiger partial charge >= 0.3 is 0 Å². The van der Waals surface area contributed by atoms with Crippen LogP contribution in [0.4, 0.5) is 0 Å². The monoisotopic (exact) mass is 382 g/mol. The van der Waals surface area contributed by atoms with Crippen molar-refractivity contribution in [1.29, 1.82) is 0 Å². The van der Waals surface area contributed by atoms with Crippen LogP contribution in [0.2, 0.25) is 0 Å². The second kappa shape index (κ2) is 6.77. The molecule has 0 bridgehead atoms. The van der Waals surface area contributed by atoms with Gasteiger partial charge in [0.2, 0.25) is 20.0 Å². The molecule has 23 heavy (non-hydrogen) atoms. The zero-order valence-electron chi connectivity index (χ0n) is 13.6. The van der Waals surface area contributed by atoms with Crippen molar-refractivity contribution in [1.82, 2.24) is 9.03 Å². The van der Waals surface area contributed by atoms with Crippen molar-refractivity contribution >= 4 is 31.4 Å². The first kappa shape index (κ1) is 18.8. The third kappa shape index (κ3) is 4.31. The lowest BCUT2D eigenvalue weighted by molar-refractivity contribution is 0.185. The van der Waals surface area contributed by atoms with Crippen LogP contribution in [0.15, 0.2) is 11.0 Å². The fourth-order valence-electron chi connectivity index (χ4n) is 2.45. The number of nitrogens with one attached hydrogen (secondary N) is 1. The number of ether oxygens (including phenoxy) is 1. The number of sulfonamides is 2. The van der Waals surface area contributed by atoms with Gasteiger partial charge in [0.05, 0.1) is 29.9 Å². The van der Waals surface area contributed by atoms with Gasteiger partial charge in [0, 0.05) is 29.8 Å². The number of aryl methyl sites for hydroxylation is 2. The van der Waals surface area contributed by atoms with E-state index in [4.69, 9.17) is 4.74 Å². The summed E-state index contributed by atoms with van der Waals surface area (Å²) in [4.78, 5) is 1.88. The van der Waals surface area contributed by atoms with Crippen LogP contribution >= 0.6 is 11.3 Å². The van der Waals surface area contributed by atoms with Gasteiger partial charge in [-0.2, -0.15) is 0 Å². The first-order valence-corrected chi connectivity index (χ1v) is 11.0. The summed E-state index contributed by atoms with van der Waals surface area (Å²) in [5.74, 6) is -0.549. The fraction of sp³-hybridized carbons (Fsp3) is 0.692. The van der Waals surface area contributed by atoms with Gasteiger partial charge in [0.1, 0.15) is 0 Å². The zero-order chi connectivity index (χ0) is 17.4. The molecule has 1 aromatic rings. The summed E-state index contributed by atoms with van der Waals surface area (Å²) in [5.41, 5.74) is 0. The molecule has 1 fully saturated rings. The van der Waals surface area contributed by atoms with E-state index in [2.05, 4.69) is 4.72 Å². The lowest BCUT2D eigenvalue weighted by Gasteiger charge is -2.20. The largest absolute Gasteiger partial charge is 0.379 e. The predicted octanol–water partition coefficient (Wildman–Crippen LogP) is 0.550. The van der Waals surface area contributed by atoms with E-state index in [1.807, 2.05) is 6.92 Å². The highest BCUT2D eigenvalue weighted by Gasteiger charge is 2.36. The normalized spacial score (nSPS) is 22.8. The molecule has 2 heterocycles. The number of hydrogen-bond acceptors (Lipinski definition) is 6. The van der Waals surface area contributed by atoms with Crippen LogP contribution in [-0.2, 0) is 24.8 Å². The van der Waals surface area contributed by atoms with E-state index in [-0.39, 0.29) is 23.9 Å². The highest BCUT2D eigenvalue weighted by atomic mass is 32.2. The maximum atomic E-state index is 12.5. The summed E-state index contributed by atoms with van der Waals surface area (Å²) in [7, 11) is -4.19. The van der Waals surface area contributed by atoms with Gasteiger partial charge in [-0.05, 0) is 19.9 Å². The summed E-state index contributed by atoms with van der Waals surface area (Å²) in [6.45, 7) is 4.00. The van der Waals surface area contributed by atoms with Gasteiger partial charge in [-0.15, -0.1) is 11.3 Å².